The molecule has 16 atom stereocenters. The van der Waals surface area contributed by atoms with Crippen molar-refractivity contribution in [2.24, 2.45) is 22.9 Å². The molecule has 2 heterocycles. The van der Waals surface area contributed by atoms with Crippen molar-refractivity contribution < 1.29 is 74.2 Å². The summed E-state index contributed by atoms with van der Waals surface area (Å²) in [5.74, 6) is -2.75. The second kappa shape index (κ2) is 17.5. The van der Waals surface area contributed by atoms with E-state index in [1.807, 2.05) is 0 Å². The van der Waals surface area contributed by atoms with Crippen LogP contribution in [0.2, 0.25) is 0 Å². The molecule has 0 bridgehead atoms. The van der Waals surface area contributed by atoms with Crippen molar-refractivity contribution in [1.82, 2.24) is 10.6 Å². The summed E-state index contributed by atoms with van der Waals surface area (Å²) in [5.41, 5.74) is 23.4. The molecule has 2 amide bonds. The van der Waals surface area contributed by atoms with E-state index < -0.39 is 122 Å². The van der Waals surface area contributed by atoms with Gasteiger partial charge in [0, 0.05) is 25.6 Å². The molecule has 3 fully saturated rings. The van der Waals surface area contributed by atoms with Gasteiger partial charge < -0.3 is 93.4 Å². The first-order chi connectivity index (χ1) is 22.1. The number of ether oxygens (including phenoxy) is 4. The van der Waals surface area contributed by atoms with Crippen LogP contribution in [-0.2, 0) is 33.3 Å². The van der Waals surface area contributed by atoms with Crippen LogP contribution in [-0.4, -0.2) is 176 Å². The minimum Gasteiger partial charge on any atom is -0.480 e. The number of nitrogens with two attached hydrogens (primary N) is 4. The number of amides is 2. The lowest BCUT2D eigenvalue weighted by atomic mass is 9.83. The largest absolute Gasteiger partial charge is 0.480 e. The van der Waals surface area contributed by atoms with E-state index in [9.17, 15) is 50.1 Å². The fourth-order valence-corrected chi connectivity index (χ4v) is 5.53. The highest BCUT2D eigenvalue weighted by Gasteiger charge is 2.53. The minimum absolute atomic E-state index is 0.116. The molecule has 1 aliphatic carbocycles. The Morgan fingerprint density at radius 1 is 0.872 bits per heavy atom. The van der Waals surface area contributed by atoms with Crippen molar-refractivity contribution in [3.05, 3.63) is 0 Å². The van der Waals surface area contributed by atoms with Crippen molar-refractivity contribution in [3.63, 3.8) is 0 Å². The number of carbonyl (C=O) groups excluding carboxylic acids is 2. The van der Waals surface area contributed by atoms with E-state index in [2.05, 4.69) is 10.6 Å². The quantitative estimate of drug-likeness (QED) is 0.0761. The topological polar surface area (TPSA) is 378 Å². The van der Waals surface area contributed by atoms with E-state index >= 15 is 0 Å². The van der Waals surface area contributed by atoms with E-state index in [1.165, 1.54) is 0 Å². The van der Waals surface area contributed by atoms with Crippen LogP contribution >= 0.6 is 0 Å². The van der Waals surface area contributed by atoms with E-state index in [0.717, 1.165) is 0 Å². The lowest BCUT2D eigenvalue weighted by molar-refractivity contribution is -0.307. The summed E-state index contributed by atoms with van der Waals surface area (Å²) in [5, 5.41) is 86.2. The number of aliphatic hydroxyl groups excluding tert-OH is 7. The van der Waals surface area contributed by atoms with Crippen molar-refractivity contribution >= 4 is 17.8 Å². The van der Waals surface area contributed by atoms with Gasteiger partial charge in [0.1, 0.15) is 67.1 Å². The monoisotopic (exact) mass is 684 g/mol. The molecular formula is C26H48N6O15. The summed E-state index contributed by atoms with van der Waals surface area (Å²) in [6, 6.07) is -4.79. The Morgan fingerprint density at radius 3 is 2.09 bits per heavy atom. The average molecular weight is 685 g/mol. The molecule has 0 aromatic heterocycles. The summed E-state index contributed by atoms with van der Waals surface area (Å²) >= 11 is 0. The number of aliphatic hydroxyl groups is 7. The lowest BCUT2D eigenvalue weighted by Gasteiger charge is -2.48. The van der Waals surface area contributed by atoms with E-state index in [4.69, 9.17) is 47.0 Å². The van der Waals surface area contributed by atoms with E-state index in [0.29, 0.717) is 0 Å². The molecule has 21 heteroatoms. The third-order valence-electron chi connectivity index (χ3n) is 8.45. The van der Waals surface area contributed by atoms with Gasteiger partial charge in [-0.05, 0) is 19.3 Å². The highest BCUT2D eigenvalue weighted by atomic mass is 16.7. The zero-order valence-electron chi connectivity index (χ0n) is 25.4. The van der Waals surface area contributed by atoms with Gasteiger partial charge in [0.25, 0.3) is 0 Å². The molecule has 2 aliphatic heterocycles. The Morgan fingerprint density at radius 2 is 1.49 bits per heavy atom. The summed E-state index contributed by atoms with van der Waals surface area (Å²) < 4.78 is 22.8. The number of hydrogen-bond donors (Lipinski definition) is 14. The summed E-state index contributed by atoms with van der Waals surface area (Å²) in [6.45, 7) is -1.05. The fourth-order valence-electron chi connectivity index (χ4n) is 5.53. The molecule has 0 radical (unpaired) electrons. The van der Waals surface area contributed by atoms with Crippen LogP contribution in [0.25, 0.3) is 0 Å². The van der Waals surface area contributed by atoms with Crippen LogP contribution in [0.5, 0.6) is 0 Å². The highest BCUT2D eigenvalue weighted by Crippen LogP contribution is 2.32. The molecule has 3 rings (SSSR count). The van der Waals surface area contributed by atoms with E-state index in [1.54, 1.807) is 0 Å². The molecular weight excluding hydrogens is 636 g/mol. The third-order valence-corrected chi connectivity index (χ3v) is 8.45. The molecule has 3 aliphatic rings. The zero-order chi connectivity index (χ0) is 35.2. The Kier molecular flexibility index (Phi) is 14.6. The maximum atomic E-state index is 12.8. The minimum atomic E-state index is -1.69. The number of carboxylic acids is 1. The summed E-state index contributed by atoms with van der Waals surface area (Å²) in [6.07, 6.45) is -18.5. The molecule has 1 saturated carbocycles. The smallest absolute Gasteiger partial charge is 0.320 e. The van der Waals surface area contributed by atoms with E-state index in [-0.39, 0.29) is 38.8 Å². The maximum absolute atomic E-state index is 12.8. The molecule has 0 aromatic rings. The van der Waals surface area contributed by atoms with Gasteiger partial charge in [0.05, 0.1) is 18.7 Å². The molecule has 18 N–H and O–H groups in total. The zero-order valence-corrected chi connectivity index (χ0v) is 25.4. The van der Waals surface area contributed by atoms with Crippen LogP contribution in [0.1, 0.15) is 25.7 Å². The Hall–Kier alpha value is -2.19. The summed E-state index contributed by atoms with van der Waals surface area (Å²) in [7, 11) is 0. The van der Waals surface area contributed by atoms with Gasteiger partial charge in [-0.15, -0.1) is 0 Å². The SMILES string of the molecule is NC[C@H]1O[C@H](O[C@H]2[C@H](O[C@@H]3O[C@H](CO)[C@@H](O)[C@H]3O)[C@@H](O)[C@H](NC(=O)[C@@H](O)CCNC(=O)CC[C@H](N)C(=O)O)C[C@@H]2N)[C@H](N)[C@@H](O)[C@@H]1O. The molecule has 47 heavy (non-hydrogen) atoms. The van der Waals surface area contributed by atoms with Gasteiger partial charge in [-0.25, -0.2) is 0 Å². The third kappa shape index (κ3) is 9.71. The van der Waals surface area contributed by atoms with Crippen LogP contribution in [0.4, 0.5) is 0 Å². The molecule has 0 spiro atoms. The molecule has 272 valence electrons. The first-order valence-electron chi connectivity index (χ1n) is 15.2. The maximum Gasteiger partial charge on any atom is 0.320 e. The summed E-state index contributed by atoms with van der Waals surface area (Å²) in [4.78, 5) is 35.5. The Bertz CT molecular complexity index is 1050. The van der Waals surface area contributed by atoms with Crippen LogP contribution in [0, 0.1) is 0 Å². The Labute approximate surface area is 269 Å². The van der Waals surface area contributed by atoms with Gasteiger partial charge >= 0.3 is 5.97 Å². The Balaban J connectivity index is 1.69. The number of rotatable bonds is 15. The first-order valence-corrected chi connectivity index (χ1v) is 15.2. The van der Waals surface area contributed by atoms with Crippen LogP contribution < -0.4 is 33.6 Å². The number of carbonyl (C=O) groups is 3. The average Bonchev–Trinajstić information content (AvgIpc) is 3.31. The normalized spacial score (nSPS) is 40.4. The van der Waals surface area contributed by atoms with Crippen LogP contribution in [0.15, 0.2) is 0 Å². The van der Waals surface area contributed by atoms with Gasteiger partial charge in [-0.2, -0.15) is 0 Å². The number of hydrogen-bond acceptors (Lipinski definition) is 18. The van der Waals surface area contributed by atoms with Gasteiger partial charge in [-0.1, -0.05) is 0 Å². The fraction of sp³-hybridized carbons (Fsp3) is 0.885. The van der Waals surface area contributed by atoms with Gasteiger partial charge in [-0.3, -0.25) is 14.4 Å². The standard InChI is InChI=1S/C26H48N6O15/c27-6-12-17(37)19(39)15(30)25(44-12)46-21-9(29)5-10(16(36)22(21)47-26-20(40)18(38)13(7-33)45-26)32-23(41)11(34)3-4-31-14(35)2-1-8(28)24(42)43/h8-13,15-22,25-26,33-34,36-40H,1-7,27-30H2,(H,31,35)(H,32,41)(H,42,43)/t8-,9-,10+,11-,12+,13+,15+,16-,17+,18+,19+,20+,21+,22+,25+,26-/m0/s1. The number of carboxylic acid groups (broad SMARTS) is 1. The van der Waals surface area contributed by atoms with Crippen molar-refractivity contribution in [2.75, 3.05) is 19.7 Å². The van der Waals surface area contributed by atoms with Crippen molar-refractivity contribution in [1.29, 1.82) is 0 Å². The van der Waals surface area contributed by atoms with Crippen molar-refractivity contribution in [2.45, 2.75) is 123 Å². The van der Waals surface area contributed by atoms with Crippen LogP contribution in [0.3, 0.4) is 0 Å². The van der Waals surface area contributed by atoms with Crippen molar-refractivity contribution in [3.8, 4) is 0 Å². The number of nitrogens with one attached hydrogen (secondary N) is 2. The lowest BCUT2D eigenvalue weighted by Crippen LogP contribution is -2.69. The first kappa shape index (κ1) is 39.3. The number of aliphatic carboxylic acids is 1. The van der Waals surface area contributed by atoms with Gasteiger partial charge in [0.15, 0.2) is 12.6 Å². The van der Waals surface area contributed by atoms with Gasteiger partial charge in [0.2, 0.25) is 11.8 Å². The second-order valence-corrected chi connectivity index (χ2v) is 11.9. The molecule has 21 nitrogen and oxygen atoms in total. The predicted molar refractivity (Wildman–Crippen MR) is 154 cm³/mol. The predicted octanol–water partition coefficient (Wildman–Crippen LogP) is -8.44. The molecule has 0 aromatic carbocycles. The molecule has 0 unspecified atom stereocenters. The molecule has 2 saturated heterocycles. The second-order valence-electron chi connectivity index (χ2n) is 11.9. The highest BCUT2D eigenvalue weighted by molar-refractivity contribution is 5.81.